The van der Waals surface area contributed by atoms with Crippen molar-refractivity contribution in [3.63, 3.8) is 0 Å². The summed E-state index contributed by atoms with van der Waals surface area (Å²) in [5, 5.41) is 9.58. The van der Waals surface area contributed by atoms with Crippen molar-refractivity contribution in [2.24, 2.45) is 0 Å². The fraction of sp³-hybridized carbons (Fsp3) is 0.286. The largest absolute Gasteiger partial charge is 0.506 e. The lowest BCUT2D eigenvalue weighted by Crippen LogP contribution is -2.08. The Morgan fingerprint density at radius 1 is 1.16 bits per heavy atom. The van der Waals surface area contributed by atoms with Gasteiger partial charge < -0.3 is 15.6 Å². The SMILES string of the molecule is Nc1c(O)cccc1Oc1ncnc2c1CCCC2. The van der Waals surface area contributed by atoms with Crippen molar-refractivity contribution in [3.05, 3.63) is 35.8 Å². The summed E-state index contributed by atoms with van der Waals surface area (Å²) >= 11 is 0. The van der Waals surface area contributed by atoms with Gasteiger partial charge in [0, 0.05) is 5.56 Å². The molecular formula is C14H15N3O2. The van der Waals surface area contributed by atoms with Gasteiger partial charge in [0.2, 0.25) is 5.88 Å². The third-order valence-electron chi connectivity index (χ3n) is 3.34. The fourth-order valence-corrected chi connectivity index (χ4v) is 2.30. The van der Waals surface area contributed by atoms with E-state index < -0.39 is 0 Å². The predicted octanol–water partition coefficient (Wildman–Crippen LogP) is 2.44. The van der Waals surface area contributed by atoms with Crippen molar-refractivity contribution < 1.29 is 9.84 Å². The average Bonchev–Trinajstić information content (AvgIpc) is 2.44. The van der Waals surface area contributed by atoms with Crippen LogP contribution in [0.4, 0.5) is 5.69 Å². The molecule has 0 aliphatic heterocycles. The molecule has 5 nitrogen and oxygen atoms in total. The van der Waals surface area contributed by atoms with E-state index in [-0.39, 0.29) is 11.4 Å². The minimum Gasteiger partial charge on any atom is -0.506 e. The Bertz CT molecular complexity index is 614. The molecule has 1 aliphatic carbocycles. The van der Waals surface area contributed by atoms with Crippen LogP contribution in [0.2, 0.25) is 0 Å². The van der Waals surface area contributed by atoms with Gasteiger partial charge in [0.1, 0.15) is 17.8 Å². The second kappa shape index (κ2) is 4.76. The average molecular weight is 257 g/mol. The third-order valence-corrected chi connectivity index (χ3v) is 3.34. The first kappa shape index (κ1) is 11.8. The Balaban J connectivity index is 1.97. The number of aromatic hydroxyl groups is 1. The molecule has 1 heterocycles. The van der Waals surface area contributed by atoms with Gasteiger partial charge in [-0.05, 0) is 37.8 Å². The number of phenolic OH excluding ortho intramolecular Hbond substituents is 1. The maximum Gasteiger partial charge on any atom is 0.225 e. The van der Waals surface area contributed by atoms with Crippen molar-refractivity contribution in [2.45, 2.75) is 25.7 Å². The van der Waals surface area contributed by atoms with Gasteiger partial charge >= 0.3 is 0 Å². The third kappa shape index (κ3) is 2.19. The number of phenols is 1. The van der Waals surface area contributed by atoms with E-state index in [0.717, 1.165) is 36.9 Å². The number of para-hydroxylation sites is 1. The summed E-state index contributed by atoms with van der Waals surface area (Å²) in [7, 11) is 0. The summed E-state index contributed by atoms with van der Waals surface area (Å²) in [4.78, 5) is 8.48. The monoisotopic (exact) mass is 257 g/mol. The standard InChI is InChI=1S/C14H15N3O2/c15-13-11(18)6-3-7-12(13)19-14-9-4-1-2-5-10(9)16-8-17-14/h3,6-8,18H,1-2,4-5,15H2. The van der Waals surface area contributed by atoms with E-state index in [0.29, 0.717) is 11.6 Å². The molecule has 0 bridgehead atoms. The molecule has 5 heteroatoms. The number of hydrogen-bond donors (Lipinski definition) is 2. The molecule has 0 amide bonds. The van der Waals surface area contributed by atoms with Crippen LogP contribution in [-0.4, -0.2) is 15.1 Å². The first-order chi connectivity index (χ1) is 9.25. The van der Waals surface area contributed by atoms with Crippen LogP contribution in [0.1, 0.15) is 24.1 Å². The van der Waals surface area contributed by atoms with Crippen LogP contribution < -0.4 is 10.5 Å². The lowest BCUT2D eigenvalue weighted by molar-refractivity contribution is 0.439. The topological polar surface area (TPSA) is 81.3 Å². The summed E-state index contributed by atoms with van der Waals surface area (Å²) in [6.07, 6.45) is 5.66. The van der Waals surface area contributed by atoms with Gasteiger partial charge in [-0.2, -0.15) is 0 Å². The van der Waals surface area contributed by atoms with Crippen LogP contribution in [0.15, 0.2) is 24.5 Å². The minimum absolute atomic E-state index is 0.0143. The number of nitrogen functional groups attached to an aromatic ring is 1. The van der Waals surface area contributed by atoms with E-state index in [2.05, 4.69) is 9.97 Å². The quantitative estimate of drug-likeness (QED) is 0.638. The van der Waals surface area contributed by atoms with E-state index in [9.17, 15) is 5.11 Å². The van der Waals surface area contributed by atoms with Crippen LogP contribution in [-0.2, 0) is 12.8 Å². The van der Waals surface area contributed by atoms with Crippen molar-refractivity contribution in [1.29, 1.82) is 0 Å². The first-order valence-electron chi connectivity index (χ1n) is 6.34. The number of rotatable bonds is 2. The molecule has 0 saturated carbocycles. The van der Waals surface area contributed by atoms with E-state index in [1.165, 1.54) is 12.4 Å². The molecular weight excluding hydrogens is 242 g/mol. The van der Waals surface area contributed by atoms with E-state index in [4.69, 9.17) is 10.5 Å². The van der Waals surface area contributed by atoms with Gasteiger partial charge in [-0.1, -0.05) is 6.07 Å². The number of aromatic nitrogens is 2. The number of nitrogens with two attached hydrogens (primary N) is 1. The lowest BCUT2D eigenvalue weighted by Gasteiger charge is -2.17. The maximum atomic E-state index is 9.58. The van der Waals surface area contributed by atoms with Gasteiger partial charge in [0.15, 0.2) is 5.75 Å². The normalized spacial score (nSPS) is 13.9. The van der Waals surface area contributed by atoms with Gasteiger partial charge in [-0.25, -0.2) is 9.97 Å². The highest BCUT2D eigenvalue weighted by atomic mass is 16.5. The first-order valence-corrected chi connectivity index (χ1v) is 6.34. The number of benzene rings is 1. The second-order valence-corrected chi connectivity index (χ2v) is 4.60. The number of ether oxygens (including phenoxy) is 1. The zero-order chi connectivity index (χ0) is 13.2. The molecule has 0 atom stereocenters. The fourth-order valence-electron chi connectivity index (χ4n) is 2.30. The molecule has 1 aliphatic rings. The molecule has 0 fully saturated rings. The highest BCUT2D eigenvalue weighted by molar-refractivity contribution is 5.62. The molecule has 0 unspecified atom stereocenters. The molecule has 3 N–H and O–H groups in total. The molecule has 2 aromatic rings. The van der Waals surface area contributed by atoms with Crippen molar-refractivity contribution >= 4 is 5.69 Å². The Hall–Kier alpha value is -2.30. The van der Waals surface area contributed by atoms with Gasteiger partial charge in [0.05, 0.1) is 5.69 Å². The van der Waals surface area contributed by atoms with Crippen LogP contribution in [0.3, 0.4) is 0 Å². The Labute approximate surface area is 111 Å². The number of nitrogens with zero attached hydrogens (tertiary/aromatic N) is 2. The van der Waals surface area contributed by atoms with Crippen LogP contribution in [0.25, 0.3) is 0 Å². The smallest absolute Gasteiger partial charge is 0.225 e. The highest BCUT2D eigenvalue weighted by Crippen LogP contribution is 2.35. The molecule has 3 rings (SSSR count). The number of aryl methyl sites for hydroxylation is 1. The lowest BCUT2D eigenvalue weighted by atomic mass is 9.97. The molecule has 0 spiro atoms. The van der Waals surface area contributed by atoms with Crippen LogP contribution in [0.5, 0.6) is 17.4 Å². The van der Waals surface area contributed by atoms with E-state index >= 15 is 0 Å². The molecule has 19 heavy (non-hydrogen) atoms. The minimum atomic E-state index is 0.0143. The van der Waals surface area contributed by atoms with Crippen LogP contribution >= 0.6 is 0 Å². The van der Waals surface area contributed by atoms with Crippen LogP contribution in [0, 0.1) is 0 Å². The molecule has 1 aromatic heterocycles. The predicted molar refractivity (Wildman–Crippen MR) is 71.3 cm³/mol. The zero-order valence-electron chi connectivity index (χ0n) is 10.5. The van der Waals surface area contributed by atoms with Crippen molar-refractivity contribution in [3.8, 4) is 17.4 Å². The van der Waals surface area contributed by atoms with Crippen molar-refractivity contribution in [1.82, 2.24) is 9.97 Å². The van der Waals surface area contributed by atoms with E-state index in [1.54, 1.807) is 12.1 Å². The number of anilines is 1. The molecule has 1 aromatic carbocycles. The molecule has 98 valence electrons. The number of fused-ring (bicyclic) bond motifs is 1. The maximum absolute atomic E-state index is 9.58. The molecule has 0 saturated heterocycles. The summed E-state index contributed by atoms with van der Waals surface area (Å²) in [6.45, 7) is 0. The Morgan fingerprint density at radius 3 is 2.89 bits per heavy atom. The summed E-state index contributed by atoms with van der Waals surface area (Å²) in [5.74, 6) is 0.980. The summed E-state index contributed by atoms with van der Waals surface area (Å²) in [6, 6.07) is 4.93. The van der Waals surface area contributed by atoms with Gasteiger partial charge in [-0.15, -0.1) is 0 Å². The highest BCUT2D eigenvalue weighted by Gasteiger charge is 2.18. The van der Waals surface area contributed by atoms with Crippen molar-refractivity contribution in [2.75, 3.05) is 5.73 Å². The van der Waals surface area contributed by atoms with E-state index in [1.807, 2.05) is 0 Å². The second-order valence-electron chi connectivity index (χ2n) is 4.60. The van der Waals surface area contributed by atoms with Gasteiger partial charge in [0.25, 0.3) is 0 Å². The zero-order valence-corrected chi connectivity index (χ0v) is 10.5. The summed E-state index contributed by atoms with van der Waals surface area (Å²) in [5.41, 5.74) is 8.12. The summed E-state index contributed by atoms with van der Waals surface area (Å²) < 4.78 is 5.75. The Kier molecular flexibility index (Phi) is 2.95. The Morgan fingerprint density at radius 2 is 2.00 bits per heavy atom. The molecule has 0 radical (unpaired) electrons. The number of hydrogen-bond acceptors (Lipinski definition) is 5. The van der Waals surface area contributed by atoms with Gasteiger partial charge in [-0.3, -0.25) is 0 Å².